The van der Waals surface area contributed by atoms with Gasteiger partial charge in [0.15, 0.2) is 0 Å². The second-order valence-corrected chi connectivity index (χ2v) is 8.88. The van der Waals surface area contributed by atoms with E-state index in [2.05, 4.69) is 25.9 Å². The lowest BCUT2D eigenvalue weighted by Crippen LogP contribution is -2.12. The molecule has 7 nitrogen and oxygen atoms in total. The predicted molar refractivity (Wildman–Crippen MR) is 121 cm³/mol. The zero-order valence-electron chi connectivity index (χ0n) is 17.6. The van der Waals surface area contributed by atoms with E-state index in [0.29, 0.717) is 17.2 Å². The van der Waals surface area contributed by atoms with Gasteiger partial charge in [-0.05, 0) is 77.2 Å². The molecule has 0 saturated heterocycles. The molecule has 3 aromatic heterocycles. The first-order valence-corrected chi connectivity index (χ1v) is 11.3. The average Bonchev–Trinajstić information content (AvgIpc) is 3.33. The van der Waals surface area contributed by atoms with E-state index in [1.807, 2.05) is 27.7 Å². The van der Waals surface area contributed by atoms with Crippen molar-refractivity contribution in [2.24, 2.45) is 5.10 Å². The van der Waals surface area contributed by atoms with Gasteiger partial charge in [-0.25, -0.2) is 4.79 Å². The third-order valence-electron chi connectivity index (χ3n) is 5.43. The summed E-state index contributed by atoms with van der Waals surface area (Å²) in [6, 6.07) is 2.07. The van der Waals surface area contributed by atoms with E-state index < -0.39 is 0 Å². The fourth-order valence-electron chi connectivity index (χ4n) is 3.98. The van der Waals surface area contributed by atoms with Crippen molar-refractivity contribution in [3.8, 4) is 5.00 Å². The van der Waals surface area contributed by atoms with Crippen LogP contribution in [0.1, 0.15) is 63.3 Å². The monoisotopic (exact) mass is 443 g/mol. The Bertz CT molecular complexity index is 1200. The highest BCUT2D eigenvalue weighted by Gasteiger charge is 2.28. The quantitative estimate of drug-likeness (QED) is 0.354. The molecule has 0 spiro atoms. The van der Waals surface area contributed by atoms with Gasteiger partial charge in [-0.1, -0.05) is 0 Å². The number of ether oxygens (including phenoxy) is 1. The van der Waals surface area contributed by atoms with Gasteiger partial charge < -0.3 is 9.30 Å². The summed E-state index contributed by atoms with van der Waals surface area (Å²) in [5, 5.41) is 12.3. The van der Waals surface area contributed by atoms with Crippen LogP contribution in [-0.4, -0.2) is 38.2 Å². The molecule has 3 aromatic rings. The number of nitrogens with zero attached hydrogens (tertiary/aromatic N) is 4. The van der Waals surface area contributed by atoms with Crippen molar-refractivity contribution in [1.29, 1.82) is 0 Å². The van der Waals surface area contributed by atoms with Gasteiger partial charge in [0.2, 0.25) is 4.77 Å². The van der Waals surface area contributed by atoms with Crippen molar-refractivity contribution in [2.75, 3.05) is 6.61 Å². The normalized spacial score (nSPS) is 13.7. The number of hydrogen-bond donors (Lipinski definition) is 1. The van der Waals surface area contributed by atoms with Gasteiger partial charge in [-0.15, -0.1) is 11.3 Å². The van der Waals surface area contributed by atoms with Crippen molar-refractivity contribution >= 4 is 35.7 Å². The van der Waals surface area contributed by atoms with E-state index in [1.165, 1.54) is 16.9 Å². The van der Waals surface area contributed by atoms with Crippen molar-refractivity contribution in [3.05, 3.63) is 49.6 Å². The Balaban J connectivity index is 1.81. The minimum absolute atomic E-state index is 0.227. The van der Waals surface area contributed by atoms with E-state index in [1.54, 1.807) is 22.2 Å². The highest BCUT2D eigenvalue weighted by atomic mass is 32.1. The highest BCUT2D eigenvalue weighted by Crippen LogP contribution is 2.39. The molecule has 0 radical (unpaired) electrons. The lowest BCUT2D eigenvalue weighted by molar-refractivity contribution is 0.0525. The molecule has 1 aliphatic rings. The number of esters is 1. The summed E-state index contributed by atoms with van der Waals surface area (Å²) in [6.07, 6.45) is 6.03. The van der Waals surface area contributed by atoms with E-state index >= 15 is 0 Å². The first-order chi connectivity index (χ1) is 14.4. The number of aromatic amines is 1. The number of nitrogens with one attached hydrogen (secondary N) is 1. The number of carbonyl (C=O) groups is 1. The molecular formula is C21H25N5O2S2. The molecule has 4 rings (SSSR count). The number of carbonyl (C=O) groups excluding carboxylic acids is 1. The second kappa shape index (κ2) is 8.31. The summed E-state index contributed by atoms with van der Waals surface area (Å²) in [5.74, 6) is 0.468. The molecule has 0 atom stereocenters. The van der Waals surface area contributed by atoms with Crippen LogP contribution in [0.5, 0.6) is 0 Å². The zero-order valence-corrected chi connectivity index (χ0v) is 19.2. The number of aromatic nitrogens is 4. The van der Waals surface area contributed by atoms with Crippen LogP contribution in [0.25, 0.3) is 5.00 Å². The SMILES string of the molecule is CCOC(=O)c1c(-n2c(C)cc(/C=N\n3c(C)n[nH]c3=S)c2C)sc2c1CCCC2. The van der Waals surface area contributed by atoms with E-state index in [-0.39, 0.29) is 5.97 Å². The molecule has 0 amide bonds. The summed E-state index contributed by atoms with van der Waals surface area (Å²) >= 11 is 6.94. The van der Waals surface area contributed by atoms with Crippen LogP contribution in [-0.2, 0) is 17.6 Å². The van der Waals surface area contributed by atoms with E-state index in [0.717, 1.165) is 46.8 Å². The number of rotatable bonds is 5. The first kappa shape index (κ1) is 20.7. The summed E-state index contributed by atoms with van der Waals surface area (Å²) in [5.41, 5.74) is 4.94. The van der Waals surface area contributed by atoms with Crippen molar-refractivity contribution in [2.45, 2.75) is 53.4 Å². The Morgan fingerprint density at radius 1 is 1.37 bits per heavy atom. The zero-order chi connectivity index (χ0) is 21.4. The second-order valence-electron chi connectivity index (χ2n) is 7.41. The summed E-state index contributed by atoms with van der Waals surface area (Å²) < 4.78 is 9.62. The minimum atomic E-state index is -0.227. The van der Waals surface area contributed by atoms with Gasteiger partial charge in [-0.2, -0.15) is 14.9 Å². The molecule has 30 heavy (non-hydrogen) atoms. The Morgan fingerprint density at radius 3 is 2.83 bits per heavy atom. The Kier molecular flexibility index (Phi) is 5.75. The standard InChI is InChI=1S/C21H25N5O2S2/c1-5-28-20(27)18-16-8-6-7-9-17(16)30-19(18)25-12(2)10-15(13(25)3)11-22-26-14(4)23-24-21(26)29/h10-11H,5-9H2,1-4H3,(H,24,29)/b22-11-. The maximum Gasteiger partial charge on any atom is 0.341 e. The van der Waals surface area contributed by atoms with Crippen molar-refractivity contribution in [1.82, 2.24) is 19.4 Å². The van der Waals surface area contributed by atoms with Crippen LogP contribution < -0.4 is 0 Å². The van der Waals surface area contributed by atoms with Gasteiger partial charge in [-0.3, -0.25) is 5.10 Å². The number of hydrogen-bond acceptors (Lipinski definition) is 6. The lowest BCUT2D eigenvalue weighted by atomic mass is 9.95. The molecular weight excluding hydrogens is 418 g/mol. The van der Waals surface area contributed by atoms with Crippen LogP contribution in [0.3, 0.4) is 0 Å². The number of fused-ring (bicyclic) bond motifs is 1. The third-order valence-corrected chi connectivity index (χ3v) is 6.97. The molecule has 0 saturated carbocycles. The van der Waals surface area contributed by atoms with Gasteiger partial charge in [0.1, 0.15) is 10.8 Å². The van der Waals surface area contributed by atoms with Crippen LogP contribution >= 0.6 is 23.6 Å². The molecule has 0 unspecified atom stereocenters. The summed E-state index contributed by atoms with van der Waals surface area (Å²) in [7, 11) is 0. The number of aryl methyl sites for hydroxylation is 3. The molecule has 0 aromatic carbocycles. The van der Waals surface area contributed by atoms with Crippen molar-refractivity contribution < 1.29 is 9.53 Å². The fraction of sp³-hybridized carbons (Fsp3) is 0.429. The summed E-state index contributed by atoms with van der Waals surface area (Å²) in [4.78, 5) is 14.2. The predicted octanol–water partition coefficient (Wildman–Crippen LogP) is 4.66. The largest absolute Gasteiger partial charge is 0.462 e. The molecule has 3 heterocycles. The topological polar surface area (TPSA) is 77.2 Å². The number of H-pyrrole nitrogens is 1. The smallest absolute Gasteiger partial charge is 0.341 e. The third kappa shape index (κ3) is 3.56. The first-order valence-electron chi connectivity index (χ1n) is 10.1. The van der Waals surface area contributed by atoms with Gasteiger partial charge in [0, 0.05) is 21.8 Å². The van der Waals surface area contributed by atoms with Crippen LogP contribution in [0.15, 0.2) is 11.2 Å². The van der Waals surface area contributed by atoms with E-state index in [4.69, 9.17) is 17.0 Å². The molecule has 0 aliphatic heterocycles. The van der Waals surface area contributed by atoms with Gasteiger partial charge in [0.05, 0.1) is 18.4 Å². The fourth-order valence-corrected chi connectivity index (χ4v) is 5.69. The molecule has 9 heteroatoms. The Labute approximate surface area is 184 Å². The Hall–Kier alpha value is -2.52. The number of thiophene rings is 1. The van der Waals surface area contributed by atoms with Crippen LogP contribution in [0.2, 0.25) is 0 Å². The lowest BCUT2D eigenvalue weighted by Gasteiger charge is -2.13. The minimum Gasteiger partial charge on any atom is -0.462 e. The molecule has 0 bridgehead atoms. The molecule has 0 fully saturated rings. The van der Waals surface area contributed by atoms with E-state index in [9.17, 15) is 4.79 Å². The Morgan fingerprint density at radius 2 is 2.13 bits per heavy atom. The van der Waals surface area contributed by atoms with Crippen LogP contribution in [0, 0.1) is 25.5 Å². The van der Waals surface area contributed by atoms with Crippen molar-refractivity contribution in [3.63, 3.8) is 0 Å². The average molecular weight is 444 g/mol. The maximum atomic E-state index is 12.9. The highest BCUT2D eigenvalue weighted by molar-refractivity contribution is 7.71. The molecule has 1 aliphatic carbocycles. The molecule has 1 N–H and O–H groups in total. The maximum absolute atomic E-state index is 12.9. The van der Waals surface area contributed by atoms with Crippen LogP contribution in [0.4, 0.5) is 0 Å². The summed E-state index contributed by atoms with van der Waals surface area (Å²) in [6.45, 7) is 8.15. The van der Waals surface area contributed by atoms with Gasteiger partial charge >= 0.3 is 5.97 Å². The van der Waals surface area contributed by atoms with Gasteiger partial charge in [0.25, 0.3) is 0 Å². The molecule has 158 valence electrons.